The Morgan fingerprint density at radius 1 is 0.966 bits per heavy atom. The number of halogens is 1. The lowest BCUT2D eigenvalue weighted by molar-refractivity contribution is -0.115. The molecular formula is C23H19FN4O. The fourth-order valence-corrected chi connectivity index (χ4v) is 3.30. The number of rotatable bonds is 5. The molecule has 0 fully saturated rings. The topological polar surface area (TPSA) is 59.8 Å². The van der Waals surface area contributed by atoms with Crippen molar-refractivity contribution < 1.29 is 9.18 Å². The van der Waals surface area contributed by atoms with E-state index in [2.05, 4.69) is 15.4 Å². The van der Waals surface area contributed by atoms with Crippen LogP contribution >= 0.6 is 0 Å². The average Bonchev–Trinajstić information content (AvgIpc) is 3.05. The molecule has 1 N–H and O–H groups in total. The smallest absolute Gasteiger partial charge is 0.230 e. The Morgan fingerprint density at radius 3 is 2.34 bits per heavy atom. The van der Waals surface area contributed by atoms with Gasteiger partial charge in [0.15, 0.2) is 5.82 Å². The summed E-state index contributed by atoms with van der Waals surface area (Å²) in [5.41, 5.74) is 4.14. The third kappa shape index (κ3) is 4.06. The summed E-state index contributed by atoms with van der Waals surface area (Å²) >= 11 is 0. The molecule has 144 valence electrons. The van der Waals surface area contributed by atoms with E-state index in [1.54, 1.807) is 36.3 Å². The van der Waals surface area contributed by atoms with Gasteiger partial charge in [-0.3, -0.25) is 14.5 Å². The van der Waals surface area contributed by atoms with Gasteiger partial charge < -0.3 is 5.32 Å². The van der Waals surface area contributed by atoms with Gasteiger partial charge in [0.05, 0.1) is 17.7 Å². The number of benzene rings is 2. The molecule has 0 bridgehead atoms. The maximum absolute atomic E-state index is 13.4. The molecule has 0 saturated carbocycles. The number of aryl methyl sites for hydroxylation is 1. The number of aromatic nitrogens is 3. The molecule has 0 saturated heterocycles. The number of hydrogen-bond donors (Lipinski definition) is 1. The van der Waals surface area contributed by atoms with E-state index in [1.165, 1.54) is 12.1 Å². The molecule has 2 heterocycles. The van der Waals surface area contributed by atoms with Gasteiger partial charge in [-0.15, -0.1) is 0 Å². The van der Waals surface area contributed by atoms with Crippen LogP contribution in [0.25, 0.3) is 22.4 Å². The number of carbonyl (C=O) groups is 1. The summed E-state index contributed by atoms with van der Waals surface area (Å²) in [4.78, 5) is 16.7. The number of nitrogens with one attached hydrogen (secondary N) is 1. The highest BCUT2D eigenvalue weighted by molar-refractivity contribution is 5.98. The van der Waals surface area contributed by atoms with E-state index in [0.717, 1.165) is 27.9 Å². The van der Waals surface area contributed by atoms with Crippen molar-refractivity contribution in [3.05, 3.63) is 90.5 Å². The van der Waals surface area contributed by atoms with Crippen molar-refractivity contribution in [3.63, 3.8) is 0 Å². The zero-order valence-corrected chi connectivity index (χ0v) is 15.8. The van der Waals surface area contributed by atoms with Crippen molar-refractivity contribution in [1.82, 2.24) is 14.8 Å². The SMILES string of the molecule is Cn1nc(NC(=O)Cc2ccccc2)c(-c2ccncc2)c1-c1ccc(F)cc1. The van der Waals surface area contributed by atoms with Gasteiger partial charge in [-0.2, -0.15) is 5.10 Å². The fourth-order valence-electron chi connectivity index (χ4n) is 3.30. The summed E-state index contributed by atoms with van der Waals surface area (Å²) in [6.07, 6.45) is 3.62. The predicted octanol–water partition coefficient (Wildman–Crippen LogP) is 4.47. The second kappa shape index (κ2) is 8.06. The van der Waals surface area contributed by atoms with Crippen LogP contribution in [0.15, 0.2) is 79.1 Å². The Morgan fingerprint density at radius 2 is 1.66 bits per heavy atom. The minimum atomic E-state index is -0.308. The average molecular weight is 386 g/mol. The van der Waals surface area contributed by atoms with Crippen molar-refractivity contribution in [3.8, 4) is 22.4 Å². The minimum Gasteiger partial charge on any atom is -0.308 e. The van der Waals surface area contributed by atoms with E-state index in [0.29, 0.717) is 5.82 Å². The van der Waals surface area contributed by atoms with Crippen molar-refractivity contribution in [2.45, 2.75) is 6.42 Å². The number of carbonyl (C=O) groups excluding carboxylic acids is 1. The van der Waals surface area contributed by atoms with E-state index in [-0.39, 0.29) is 18.1 Å². The number of amides is 1. The molecule has 0 radical (unpaired) electrons. The van der Waals surface area contributed by atoms with Crippen LogP contribution in [0.1, 0.15) is 5.56 Å². The predicted molar refractivity (Wildman–Crippen MR) is 111 cm³/mol. The first kappa shape index (κ1) is 18.6. The first-order valence-corrected chi connectivity index (χ1v) is 9.19. The Balaban J connectivity index is 1.75. The zero-order chi connectivity index (χ0) is 20.2. The fraction of sp³-hybridized carbons (Fsp3) is 0.0870. The molecular weight excluding hydrogens is 367 g/mol. The Labute approximate surface area is 167 Å². The molecule has 0 aliphatic carbocycles. The number of anilines is 1. The van der Waals surface area contributed by atoms with Gasteiger partial charge in [-0.05, 0) is 47.5 Å². The molecule has 5 nitrogen and oxygen atoms in total. The molecule has 4 rings (SSSR count). The van der Waals surface area contributed by atoms with Gasteiger partial charge >= 0.3 is 0 Å². The number of nitrogens with zero attached hydrogens (tertiary/aromatic N) is 3. The molecule has 29 heavy (non-hydrogen) atoms. The highest BCUT2D eigenvalue weighted by atomic mass is 19.1. The van der Waals surface area contributed by atoms with Crippen LogP contribution in [0.4, 0.5) is 10.2 Å². The molecule has 0 aliphatic rings. The molecule has 0 atom stereocenters. The monoisotopic (exact) mass is 386 g/mol. The second-order valence-corrected chi connectivity index (χ2v) is 6.65. The molecule has 0 aliphatic heterocycles. The van der Waals surface area contributed by atoms with Crippen LogP contribution in [0, 0.1) is 5.82 Å². The van der Waals surface area contributed by atoms with Gasteiger partial charge in [0, 0.05) is 25.0 Å². The van der Waals surface area contributed by atoms with Gasteiger partial charge in [0.2, 0.25) is 5.91 Å². The van der Waals surface area contributed by atoms with Gasteiger partial charge in [-0.25, -0.2) is 4.39 Å². The maximum atomic E-state index is 13.4. The summed E-state index contributed by atoms with van der Waals surface area (Å²) in [5, 5.41) is 7.47. The minimum absolute atomic E-state index is 0.157. The molecule has 2 aromatic carbocycles. The van der Waals surface area contributed by atoms with Crippen LogP contribution in [-0.2, 0) is 18.3 Å². The molecule has 6 heteroatoms. The van der Waals surface area contributed by atoms with E-state index >= 15 is 0 Å². The van der Waals surface area contributed by atoms with Crippen LogP contribution < -0.4 is 5.32 Å². The lowest BCUT2D eigenvalue weighted by Crippen LogP contribution is -2.15. The van der Waals surface area contributed by atoms with E-state index < -0.39 is 0 Å². The van der Waals surface area contributed by atoms with E-state index in [4.69, 9.17) is 0 Å². The number of pyridine rings is 1. The van der Waals surface area contributed by atoms with Gasteiger partial charge in [0.1, 0.15) is 5.82 Å². The second-order valence-electron chi connectivity index (χ2n) is 6.65. The highest BCUT2D eigenvalue weighted by Gasteiger charge is 2.21. The number of hydrogen-bond acceptors (Lipinski definition) is 3. The molecule has 0 unspecified atom stereocenters. The van der Waals surface area contributed by atoms with Crippen molar-refractivity contribution >= 4 is 11.7 Å². The van der Waals surface area contributed by atoms with Crippen molar-refractivity contribution in [2.24, 2.45) is 7.05 Å². The quantitative estimate of drug-likeness (QED) is 0.551. The van der Waals surface area contributed by atoms with Crippen LogP contribution in [-0.4, -0.2) is 20.7 Å². The van der Waals surface area contributed by atoms with Crippen molar-refractivity contribution in [1.29, 1.82) is 0 Å². The van der Waals surface area contributed by atoms with Crippen LogP contribution in [0.3, 0.4) is 0 Å². The summed E-state index contributed by atoms with van der Waals surface area (Å²) in [5.74, 6) is -0.00742. The van der Waals surface area contributed by atoms with Crippen LogP contribution in [0.2, 0.25) is 0 Å². The molecule has 4 aromatic rings. The van der Waals surface area contributed by atoms with Gasteiger partial charge in [-0.1, -0.05) is 30.3 Å². The lowest BCUT2D eigenvalue weighted by Gasteiger charge is -2.09. The summed E-state index contributed by atoms with van der Waals surface area (Å²) in [7, 11) is 1.80. The van der Waals surface area contributed by atoms with E-state index in [9.17, 15) is 9.18 Å². The normalized spacial score (nSPS) is 10.7. The highest BCUT2D eigenvalue weighted by Crippen LogP contribution is 2.37. The molecule has 2 aromatic heterocycles. The first-order chi connectivity index (χ1) is 14.1. The third-order valence-electron chi connectivity index (χ3n) is 4.60. The molecule has 1 amide bonds. The zero-order valence-electron chi connectivity index (χ0n) is 15.8. The largest absolute Gasteiger partial charge is 0.308 e. The summed E-state index contributed by atoms with van der Waals surface area (Å²) < 4.78 is 15.1. The summed E-state index contributed by atoms with van der Waals surface area (Å²) in [6, 6.07) is 19.5. The van der Waals surface area contributed by atoms with E-state index in [1.807, 2.05) is 42.5 Å². The first-order valence-electron chi connectivity index (χ1n) is 9.19. The lowest BCUT2D eigenvalue weighted by atomic mass is 10.0. The van der Waals surface area contributed by atoms with Crippen LogP contribution in [0.5, 0.6) is 0 Å². The Bertz CT molecular complexity index is 1120. The van der Waals surface area contributed by atoms with Crippen molar-refractivity contribution in [2.75, 3.05) is 5.32 Å². The molecule has 0 spiro atoms. The third-order valence-corrected chi connectivity index (χ3v) is 4.60. The standard InChI is InChI=1S/C23H19FN4O/c1-28-22(18-7-9-19(24)10-8-18)21(17-11-13-25-14-12-17)23(27-28)26-20(29)15-16-5-3-2-4-6-16/h2-14H,15H2,1H3,(H,26,27,29). The maximum Gasteiger partial charge on any atom is 0.230 e. The Hall–Kier alpha value is -3.80. The Kier molecular flexibility index (Phi) is 5.16. The summed E-state index contributed by atoms with van der Waals surface area (Å²) in [6.45, 7) is 0. The van der Waals surface area contributed by atoms with Gasteiger partial charge in [0.25, 0.3) is 0 Å².